The van der Waals surface area contributed by atoms with Crippen molar-refractivity contribution in [1.82, 2.24) is 15.0 Å². The van der Waals surface area contributed by atoms with Crippen LogP contribution in [0.15, 0.2) is 11.6 Å². The molecule has 0 aliphatic carbocycles. The van der Waals surface area contributed by atoms with Gasteiger partial charge in [-0.1, -0.05) is 13.8 Å². The van der Waals surface area contributed by atoms with Gasteiger partial charge in [-0.15, -0.1) is 11.3 Å². The quantitative estimate of drug-likeness (QED) is 0.804. The Bertz CT molecular complexity index is 481. The van der Waals surface area contributed by atoms with Gasteiger partial charge in [-0.2, -0.15) is 0 Å². The third kappa shape index (κ3) is 4.83. The van der Waals surface area contributed by atoms with Gasteiger partial charge in [0.2, 0.25) is 10.0 Å². The smallest absolute Gasteiger partial charge is 0.216 e. The van der Waals surface area contributed by atoms with Crippen molar-refractivity contribution in [1.29, 1.82) is 0 Å². The Morgan fingerprint density at radius 1 is 1.37 bits per heavy atom. The van der Waals surface area contributed by atoms with E-state index in [1.54, 1.807) is 13.1 Å². The second kappa shape index (κ2) is 6.30. The Hall–Kier alpha value is -0.500. The van der Waals surface area contributed by atoms with Gasteiger partial charge in [0.1, 0.15) is 5.01 Å². The van der Waals surface area contributed by atoms with Crippen molar-refractivity contribution in [3.63, 3.8) is 0 Å². The van der Waals surface area contributed by atoms with E-state index >= 15 is 0 Å². The molecule has 0 amide bonds. The third-order valence-corrected chi connectivity index (χ3v) is 5.83. The molecule has 5 nitrogen and oxygen atoms in total. The second-order valence-corrected chi connectivity index (χ2v) is 8.48. The van der Waals surface area contributed by atoms with Crippen LogP contribution in [0.5, 0.6) is 0 Å². The summed E-state index contributed by atoms with van der Waals surface area (Å²) in [6.07, 6.45) is 1.68. The lowest BCUT2D eigenvalue weighted by Gasteiger charge is -2.26. The minimum Gasteiger partial charge on any atom is -0.313 e. The summed E-state index contributed by atoms with van der Waals surface area (Å²) in [4.78, 5) is 4.18. The summed E-state index contributed by atoms with van der Waals surface area (Å²) in [7, 11) is -3.39. The van der Waals surface area contributed by atoms with E-state index in [0.29, 0.717) is 6.54 Å². The van der Waals surface area contributed by atoms with Gasteiger partial charge in [-0.05, 0) is 20.8 Å². The van der Waals surface area contributed by atoms with Gasteiger partial charge in [0, 0.05) is 24.2 Å². The molecule has 1 aromatic rings. The van der Waals surface area contributed by atoms with E-state index in [1.165, 1.54) is 11.3 Å². The molecule has 1 aromatic heterocycles. The second-order valence-electron chi connectivity index (χ2n) is 5.48. The maximum Gasteiger partial charge on any atom is 0.216 e. The number of aromatic nitrogens is 1. The largest absolute Gasteiger partial charge is 0.313 e. The zero-order valence-electron chi connectivity index (χ0n) is 12.1. The molecule has 0 saturated heterocycles. The maximum atomic E-state index is 12.3. The fourth-order valence-corrected chi connectivity index (χ4v) is 3.65. The van der Waals surface area contributed by atoms with Crippen LogP contribution in [-0.2, 0) is 15.6 Å². The van der Waals surface area contributed by atoms with E-state index < -0.39 is 20.8 Å². The molecule has 1 heterocycles. The Labute approximate surface area is 119 Å². The molecule has 2 N–H and O–H groups in total. The summed E-state index contributed by atoms with van der Waals surface area (Å²) in [6, 6.07) is 0.268. The molecule has 0 saturated carbocycles. The first-order chi connectivity index (χ1) is 8.65. The van der Waals surface area contributed by atoms with Gasteiger partial charge >= 0.3 is 0 Å². The molecule has 19 heavy (non-hydrogen) atoms. The first kappa shape index (κ1) is 16.6. The normalized spacial score (nSPS) is 14.8. The molecule has 0 bridgehead atoms. The van der Waals surface area contributed by atoms with Crippen molar-refractivity contribution < 1.29 is 8.42 Å². The van der Waals surface area contributed by atoms with E-state index in [9.17, 15) is 8.42 Å². The number of nitrogens with zero attached hydrogens (tertiary/aromatic N) is 1. The average molecular weight is 305 g/mol. The highest BCUT2D eigenvalue weighted by molar-refractivity contribution is 7.90. The van der Waals surface area contributed by atoms with Gasteiger partial charge in [0.15, 0.2) is 0 Å². The Morgan fingerprint density at radius 2 is 2.00 bits per heavy atom. The molecular formula is C12H23N3O2S2. The van der Waals surface area contributed by atoms with E-state index in [0.717, 1.165) is 5.01 Å². The number of sulfonamides is 1. The first-order valence-corrected chi connectivity index (χ1v) is 8.74. The molecule has 0 aliphatic heterocycles. The number of rotatable bonds is 7. The minimum atomic E-state index is -3.39. The molecule has 0 radical (unpaired) electrons. The van der Waals surface area contributed by atoms with Crippen molar-refractivity contribution >= 4 is 21.4 Å². The molecular weight excluding hydrogens is 282 g/mol. The molecule has 1 unspecified atom stereocenters. The van der Waals surface area contributed by atoms with Crippen molar-refractivity contribution in [3.05, 3.63) is 16.6 Å². The van der Waals surface area contributed by atoms with Gasteiger partial charge in [-0.3, -0.25) is 0 Å². The lowest BCUT2D eigenvalue weighted by atomic mass is 10.1. The van der Waals surface area contributed by atoms with E-state index in [2.05, 4.69) is 15.0 Å². The summed E-state index contributed by atoms with van der Waals surface area (Å²) in [5.74, 6) is 0. The molecule has 1 rings (SSSR count). The standard InChI is InChI=1S/C12H23N3O2S2/c1-9(2)14-8-10(3)19(16,17)15-12(4,5)11-13-6-7-18-11/h6-7,9-10,14-15H,8H2,1-5H3. The lowest BCUT2D eigenvalue weighted by Crippen LogP contribution is -2.47. The monoisotopic (exact) mass is 305 g/mol. The Balaban J connectivity index is 2.74. The number of nitrogens with one attached hydrogen (secondary N) is 2. The van der Waals surface area contributed by atoms with Gasteiger partial charge in [-0.25, -0.2) is 18.1 Å². The van der Waals surface area contributed by atoms with Crippen molar-refractivity contribution in [2.75, 3.05) is 6.54 Å². The topological polar surface area (TPSA) is 71.1 Å². The highest BCUT2D eigenvalue weighted by Crippen LogP contribution is 2.23. The first-order valence-electron chi connectivity index (χ1n) is 6.31. The summed E-state index contributed by atoms with van der Waals surface area (Å²) in [5, 5.41) is 5.25. The molecule has 0 fully saturated rings. The van der Waals surface area contributed by atoms with Crippen LogP contribution < -0.4 is 10.0 Å². The van der Waals surface area contributed by atoms with Crippen LogP contribution in [0, 0.1) is 0 Å². The molecule has 110 valence electrons. The summed E-state index contributed by atoms with van der Waals surface area (Å²) in [5.41, 5.74) is -0.681. The summed E-state index contributed by atoms with van der Waals surface area (Å²) < 4.78 is 27.3. The zero-order chi connectivity index (χ0) is 14.7. The highest BCUT2D eigenvalue weighted by Gasteiger charge is 2.32. The molecule has 0 aliphatic rings. The maximum absolute atomic E-state index is 12.3. The van der Waals surface area contributed by atoms with Crippen LogP contribution >= 0.6 is 11.3 Å². The van der Waals surface area contributed by atoms with Crippen LogP contribution in [0.2, 0.25) is 0 Å². The molecule has 7 heteroatoms. The number of hydrogen-bond acceptors (Lipinski definition) is 5. The van der Waals surface area contributed by atoms with Crippen LogP contribution in [0.3, 0.4) is 0 Å². The van der Waals surface area contributed by atoms with E-state index in [4.69, 9.17) is 0 Å². The predicted molar refractivity (Wildman–Crippen MR) is 79.8 cm³/mol. The van der Waals surface area contributed by atoms with Crippen LogP contribution in [0.4, 0.5) is 0 Å². The summed E-state index contributed by atoms with van der Waals surface area (Å²) in [6.45, 7) is 9.77. The fourth-order valence-electron chi connectivity index (χ4n) is 1.54. The molecule has 0 spiro atoms. The van der Waals surface area contributed by atoms with Crippen molar-refractivity contribution in [2.45, 2.75) is 51.4 Å². The number of thiazole rings is 1. The van der Waals surface area contributed by atoms with Gasteiger partial charge < -0.3 is 5.32 Å². The molecule has 0 aromatic carbocycles. The zero-order valence-corrected chi connectivity index (χ0v) is 13.7. The van der Waals surface area contributed by atoms with Crippen LogP contribution in [-0.4, -0.2) is 31.2 Å². The predicted octanol–water partition coefficient (Wildman–Crippen LogP) is 1.68. The van der Waals surface area contributed by atoms with Crippen molar-refractivity contribution in [3.8, 4) is 0 Å². The van der Waals surface area contributed by atoms with E-state index in [-0.39, 0.29) is 6.04 Å². The van der Waals surface area contributed by atoms with Gasteiger partial charge in [0.05, 0.1) is 10.8 Å². The Morgan fingerprint density at radius 3 is 2.47 bits per heavy atom. The third-order valence-electron chi connectivity index (χ3n) is 2.71. The van der Waals surface area contributed by atoms with Crippen LogP contribution in [0.25, 0.3) is 0 Å². The van der Waals surface area contributed by atoms with Crippen molar-refractivity contribution in [2.24, 2.45) is 0 Å². The van der Waals surface area contributed by atoms with E-state index in [1.807, 2.05) is 33.1 Å². The lowest BCUT2D eigenvalue weighted by molar-refractivity contribution is 0.460. The fraction of sp³-hybridized carbons (Fsp3) is 0.750. The number of hydrogen-bond donors (Lipinski definition) is 2. The minimum absolute atomic E-state index is 0.268. The van der Waals surface area contributed by atoms with Gasteiger partial charge in [0.25, 0.3) is 0 Å². The average Bonchev–Trinajstić information content (AvgIpc) is 2.78. The highest BCUT2D eigenvalue weighted by atomic mass is 32.2. The summed E-state index contributed by atoms with van der Waals surface area (Å²) >= 11 is 1.45. The molecule has 1 atom stereocenters. The van der Waals surface area contributed by atoms with Crippen LogP contribution in [0.1, 0.15) is 39.6 Å². The SMILES string of the molecule is CC(C)NCC(C)S(=O)(=O)NC(C)(C)c1nccs1. The Kier molecular flexibility index (Phi) is 5.49.